The molecule has 2 aromatic carbocycles. The number of benzene rings is 2. The molecule has 0 radical (unpaired) electrons. The molecule has 1 saturated heterocycles. The van der Waals surface area contributed by atoms with Crippen molar-refractivity contribution in [2.75, 3.05) is 19.6 Å². The molecule has 0 spiro atoms. The number of nitrogens with zero attached hydrogens (tertiary/aromatic N) is 2. The predicted octanol–water partition coefficient (Wildman–Crippen LogP) is 4.92. The van der Waals surface area contributed by atoms with Crippen LogP contribution in [-0.2, 0) is 13.0 Å². The van der Waals surface area contributed by atoms with Crippen LogP contribution < -0.4 is 4.74 Å². The molecule has 2 aliphatic heterocycles. The van der Waals surface area contributed by atoms with E-state index in [-0.39, 0.29) is 6.10 Å². The van der Waals surface area contributed by atoms with Crippen molar-refractivity contribution in [1.29, 1.82) is 0 Å². The van der Waals surface area contributed by atoms with Crippen LogP contribution in [0, 0.1) is 5.92 Å². The van der Waals surface area contributed by atoms with E-state index < -0.39 is 0 Å². The minimum Gasteiger partial charge on any atom is -0.484 e. The second-order valence-electron chi connectivity index (χ2n) is 8.12. The van der Waals surface area contributed by atoms with Gasteiger partial charge in [0.2, 0.25) is 0 Å². The number of ether oxygens (including phenoxy) is 1. The van der Waals surface area contributed by atoms with Crippen molar-refractivity contribution in [2.45, 2.75) is 31.9 Å². The minimum atomic E-state index is 0.162. The average molecular weight is 373 g/mol. The molecule has 1 aromatic heterocycles. The lowest BCUT2D eigenvalue weighted by molar-refractivity contribution is 0.0745. The molecule has 1 unspecified atom stereocenters. The molecule has 0 aliphatic carbocycles. The van der Waals surface area contributed by atoms with Crippen LogP contribution in [0.1, 0.15) is 35.8 Å². The van der Waals surface area contributed by atoms with E-state index in [1.165, 1.54) is 42.8 Å². The van der Waals surface area contributed by atoms with Crippen LogP contribution in [0.2, 0.25) is 0 Å². The third-order valence-corrected chi connectivity index (χ3v) is 6.34. The highest BCUT2D eigenvalue weighted by molar-refractivity contribution is 5.36. The molecule has 28 heavy (non-hydrogen) atoms. The van der Waals surface area contributed by atoms with Gasteiger partial charge in [0.1, 0.15) is 11.9 Å². The molecule has 1 atom stereocenters. The zero-order chi connectivity index (χ0) is 18.8. The molecule has 0 N–H and O–H groups in total. The van der Waals surface area contributed by atoms with Crippen LogP contribution in [0.25, 0.3) is 0 Å². The van der Waals surface area contributed by atoms with Crippen molar-refractivity contribution >= 4 is 0 Å². The molecule has 3 heterocycles. The molecule has 0 saturated carbocycles. The monoisotopic (exact) mass is 372 g/mol. The number of hydrogen-bond donors (Lipinski definition) is 0. The molecule has 3 nitrogen and oxygen atoms in total. The SMILES string of the molecule is c1ccc(CCN2CCC(C3Oc4ccccc4Cn4cccc43)CC2)cc1. The summed E-state index contributed by atoms with van der Waals surface area (Å²) in [5.41, 5.74) is 4.05. The lowest BCUT2D eigenvalue weighted by atomic mass is 9.89. The van der Waals surface area contributed by atoms with E-state index in [2.05, 4.69) is 82.4 Å². The van der Waals surface area contributed by atoms with Crippen LogP contribution in [0.5, 0.6) is 5.75 Å². The Labute approximate surface area is 167 Å². The van der Waals surface area contributed by atoms with E-state index in [1.807, 2.05) is 0 Å². The Balaban J connectivity index is 1.26. The summed E-state index contributed by atoms with van der Waals surface area (Å²) in [6.45, 7) is 4.39. The van der Waals surface area contributed by atoms with Crippen LogP contribution in [-0.4, -0.2) is 29.1 Å². The highest BCUT2D eigenvalue weighted by atomic mass is 16.5. The van der Waals surface area contributed by atoms with Crippen molar-refractivity contribution in [1.82, 2.24) is 9.47 Å². The maximum atomic E-state index is 6.61. The number of piperidine rings is 1. The highest BCUT2D eigenvalue weighted by Gasteiger charge is 2.32. The molecule has 0 bridgehead atoms. The number of fused-ring (bicyclic) bond motifs is 2. The topological polar surface area (TPSA) is 17.4 Å². The number of likely N-dealkylation sites (tertiary alicyclic amines) is 1. The molecular formula is C25H28N2O. The number of hydrogen-bond acceptors (Lipinski definition) is 2. The summed E-state index contributed by atoms with van der Waals surface area (Å²) in [5.74, 6) is 1.63. The third-order valence-electron chi connectivity index (χ3n) is 6.34. The molecule has 2 aliphatic rings. The van der Waals surface area contributed by atoms with E-state index in [0.717, 1.165) is 25.3 Å². The van der Waals surface area contributed by atoms with E-state index in [4.69, 9.17) is 4.74 Å². The quantitative estimate of drug-likeness (QED) is 0.646. The zero-order valence-electron chi connectivity index (χ0n) is 16.3. The molecule has 3 aromatic rings. The molecule has 5 rings (SSSR count). The van der Waals surface area contributed by atoms with Gasteiger partial charge in [0.15, 0.2) is 0 Å². The van der Waals surface area contributed by atoms with Gasteiger partial charge in [0.05, 0.1) is 12.2 Å². The summed E-state index contributed by atoms with van der Waals surface area (Å²) >= 11 is 0. The summed E-state index contributed by atoms with van der Waals surface area (Å²) in [4.78, 5) is 2.62. The maximum Gasteiger partial charge on any atom is 0.141 e. The smallest absolute Gasteiger partial charge is 0.141 e. The fraction of sp³-hybridized carbons (Fsp3) is 0.360. The van der Waals surface area contributed by atoms with Crippen molar-refractivity contribution in [3.8, 4) is 5.75 Å². The third kappa shape index (κ3) is 3.59. The summed E-state index contributed by atoms with van der Waals surface area (Å²) in [5, 5.41) is 0. The lowest BCUT2D eigenvalue weighted by Gasteiger charge is -2.36. The van der Waals surface area contributed by atoms with Gasteiger partial charge >= 0.3 is 0 Å². The first-order valence-electron chi connectivity index (χ1n) is 10.5. The minimum absolute atomic E-state index is 0.162. The van der Waals surface area contributed by atoms with Crippen molar-refractivity contribution in [3.05, 3.63) is 89.7 Å². The summed E-state index contributed by atoms with van der Waals surface area (Å²) in [6, 6.07) is 23.8. The van der Waals surface area contributed by atoms with Gasteiger partial charge in [-0.3, -0.25) is 0 Å². The largest absolute Gasteiger partial charge is 0.484 e. The first-order chi connectivity index (χ1) is 13.9. The van der Waals surface area contributed by atoms with Crippen molar-refractivity contribution in [2.24, 2.45) is 5.92 Å². The van der Waals surface area contributed by atoms with E-state index in [1.54, 1.807) is 0 Å². The fourth-order valence-corrected chi connectivity index (χ4v) is 4.71. The lowest BCUT2D eigenvalue weighted by Crippen LogP contribution is -2.38. The average Bonchev–Trinajstić information content (AvgIpc) is 3.14. The Bertz CT molecular complexity index is 909. The van der Waals surface area contributed by atoms with Crippen LogP contribution >= 0.6 is 0 Å². The van der Waals surface area contributed by atoms with Gasteiger partial charge in [-0.1, -0.05) is 48.5 Å². The molecule has 1 fully saturated rings. The van der Waals surface area contributed by atoms with Crippen LogP contribution in [0.4, 0.5) is 0 Å². The molecule has 0 amide bonds. The van der Waals surface area contributed by atoms with Gasteiger partial charge in [-0.05, 0) is 56.1 Å². The Morgan fingerprint density at radius 2 is 1.64 bits per heavy atom. The van der Waals surface area contributed by atoms with Gasteiger partial charge in [-0.2, -0.15) is 0 Å². The first-order valence-corrected chi connectivity index (χ1v) is 10.5. The number of rotatable bonds is 4. The molecule has 144 valence electrons. The Hall–Kier alpha value is -2.52. The number of para-hydroxylation sites is 1. The molecular weight excluding hydrogens is 344 g/mol. The Kier molecular flexibility index (Phi) is 4.92. The van der Waals surface area contributed by atoms with Crippen molar-refractivity contribution < 1.29 is 4.74 Å². The van der Waals surface area contributed by atoms with Gasteiger partial charge in [-0.15, -0.1) is 0 Å². The zero-order valence-corrected chi connectivity index (χ0v) is 16.3. The normalized spacial score (nSPS) is 20.1. The molecule has 3 heteroatoms. The van der Waals surface area contributed by atoms with Gasteiger partial charge in [-0.25, -0.2) is 0 Å². The van der Waals surface area contributed by atoms with E-state index in [0.29, 0.717) is 5.92 Å². The predicted molar refractivity (Wildman–Crippen MR) is 113 cm³/mol. The standard InChI is InChI=1S/C25H28N2O/c1-2-7-20(8-3-1)12-16-26-17-13-21(14-18-26)25-23-10-6-15-27(23)19-22-9-4-5-11-24(22)28-25/h1-11,15,21,25H,12-14,16-19H2. The summed E-state index contributed by atoms with van der Waals surface area (Å²) in [6.07, 6.45) is 5.90. The Morgan fingerprint density at radius 1 is 0.857 bits per heavy atom. The summed E-state index contributed by atoms with van der Waals surface area (Å²) < 4.78 is 8.98. The number of aromatic nitrogens is 1. The maximum absolute atomic E-state index is 6.61. The van der Waals surface area contributed by atoms with E-state index >= 15 is 0 Å². The van der Waals surface area contributed by atoms with E-state index in [9.17, 15) is 0 Å². The van der Waals surface area contributed by atoms with Gasteiger partial charge in [0.25, 0.3) is 0 Å². The second kappa shape index (κ2) is 7.84. The first kappa shape index (κ1) is 17.6. The highest BCUT2D eigenvalue weighted by Crippen LogP contribution is 2.38. The van der Waals surface area contributed by atoms with Crippen molar-refractivity contribution in [3.63, 3.8) is 0 Å². The van der Waals surface area contributed by atoms with Gasteiger partial charge in [0, 0.05) is 24.2 Å². The fourth-order valence-electron chi connectivity index (χ4n) is 4.71. The van der Waals surface area contributed by atoms with Crippen LogP contribution in [0.3, 0.4) is 0 Å². The second-order valence-corrected chi connectivity index (χ2v) is 8.12. The Morgan fingerprint density at radius 3 is 2.50 bits per heavy atom. The van der Waals surface area contributed by atoms with Gasteiger partial charge < -0.3 is 14.2 Å². The van der Waals surface area contributed by atoms with Crippen LogP contribution in [0.15, 0.2) is 72.9 Å². The summed E-state index contributed by atoms with van der Waals surface area (Å²) in [7, 11) is 0.